The fraction of sp³-hybridized carbons (Fsp3) is 0.143. The van der Waals surface area contributed by atoms with Crippen LogP contribution in [0.3, 0.4) is 0 Å². The van der Waals surface area contributed by atoms with Gasteiger partial charge >= 0.3 is 0 Å². The largest absolute Gasteiger partial charge is 0.361 e. The summed E-state index contributed by atoms with van der Waals surface area (Å²) in [5, 5.41) is 3.33. The smallest absolute Gasteiger partial charge is 0.0379 e. The van der Waals surface area contributed by atoms with Crippen LogP contribution in [0, 0.1) is 0 Å². The van der Waals surface area contributed by atoms with E-state index in [0.29, 0.717) is 0 Å². The Morgan fingerprint density at radius 1 is 0.818 bits per heavy atom. The van der Waals surface area contributed by atoms with E-state index in [2.05, 4.69) is 47.8 Å². The van der Waals surface area contributed by atoms with E-state index in [4.69, 9.17) is 0 Å². The maximum Gasteiger partial charge on any atom is 0.0379 e. The Balaban J connectivity index is 0.00000116. The Labute approximate surface area is 134 Å². The van der Waals surface area contributed by atoms with Crippen LogP contribution in [-0.2, 0) is 0 Å². The van der Waals surface area contributed by atoms with Gasteiger partial charge in [-0.15, -0.1) is 0 Å². The standard InChI is InChI=1S/C19H19N.C2H6/c1-2-3-6-13-18(17-11-7-4-8-12-17)16-20-19-14-9-5-10-15-19;1-2/h2-16,20H,1H3;1-2H3/b3-2-,13-6-,18-16-;. The van der Waals surface area contributed by atoms with E-state index in [9.17, 15) is 0 Å². The summed E-state index contributed by atoms with van der Waals surface area (Å²) in [6, 6.07) is 20.5. The molecule has 0 spiro atoms. The van der Waals surface area contributed by atoms with Crippen LogP contribution in [0.1, 0.15) is 26.3 Å². The zero-order chi connectivity index (χ0) is 16.0. The molecule has 0 fully saturated rings. The third-order valence-corrected chi connectivity index (χ3v) is 2.85. The number of anilines is 1. The summed E-state index contributed by atoms with van der Waals surface area (Å²) in [6.07, 6.45) is 10.2. The number of para-hydroxylation sites is 1. The van der Waals surface area contributed by atoms with Crippen LogP contribution in [0.4, 0.5) is 5.69 Å². The fourth-order valence-corrected chi connectivity index (χ4v) is 1.82. The van der Waals surface area contributed by atoms with E-state index in [-0.39, 0.29) is 0 Å². The van der Waals surface area contributed by atoms with Crippen molar-refractivity contribution in [1.29, 1.82) is 0 Å². The highest BCUT2D eigenvalue weighted by Gasteiger charge is 1.96. The van der Waals surface area contributed by atoms with Crippen molar-refractivity contribution in [3.63, 3.8) is 0 Å². The average Bonchev–Trinajstić information content (AvgIpc) is 2.61. The van der Waals surface area contributed by atoms with Gasteiger partial charge in [-0.1, -0.05) is 86.7 Å². The molecule has 0 saturated heterocycles. The number of hydrogen-bond acceptors (Lipinski definition) is 1. The summed E-state index contributed by atoms with van der Waals surface area (Å²) in [7, 11) is 0. The first-order valence-electron chi connectivity index (χ1n) is 7.76. The zero-order valence-corrected chi connectivity index (χ0v) is 13.7. The minimum absolute atomic E-state index is 1.08. The third kappa shape index (κ3) is 6.27. The minimum atomic E-state index is 1.08. The van der Waals surface area contributed by atoms with Crippen molar-refractivity contribution in [3.8, 4) is 0 Å². The highest BCUT2D eigenvalue weighted by atomic mass is 14.8. The molecule has 0 atom stereocenters. The van der Waals surface area contributed by atoms with E-state index in [1.165, 1.54) is 5.56 Å². The first kappa shape index (κ1) is 17.5. The lowest BCUT2D eigenvalue weighted by Gasteiger charge is -2.05. The van der Waals surface area contributed by atoms with E-state index < -0.39 is 0 Å². The monoisotopic (exact) mass is 291 g/mol. The Morgan fingerprint density at radius 2 is 1.41 bits per heavy atom. The van der Waals surface area contributed by atoms with Crippen LogP contribution in [0.2, 0.25) is 0 Å². The molecule has 0 bridgehead atoms. The van der Waals surface area contributed by atoms with Crippen LogP contribution in [0.15, 0.2) is 91.2 Å². The van der Waals surface area contributed by atoms with Crippen molar-refractivity contribution in [2.24, 2.45) is 0 Å². The SMILES string of the molecule is CC.C\C=C/C=C\C(=C\Nc1ccccc1)c1ccccc1. The first-order chi connectivity index (χ1) is 10.9. The highest BCUT2D eigenvalue weighted by Crippen LogP contribution is 2.16. The molecule has 0 radical (unpaired) electrons. The second-order valence-electron chi connectivity index (χ2n) is 4.36. The second-order valence-corrected chi connectivity index (χ2v) is 4.36. The van der Waals surface area contributed by atoms with Crippen LogP contribution < -0.4 is 5.32 Å². The van der Waals surface area contributed by atoms with Gasteiger partial charge in [0.2, 0.25) is 0 Å². The van der Waals surface area contributed by atoms with Crippen LogP contribution in [-0.4, -0.2) is 0 Å². The maximum absolute atomic E-state index is 3.33. The molecular formula is C21H25N. The normalized spacial score (nSPS) is 11.3. The number of allylic oxidation sites excluding steroid dienone is 5. The summed E-state index contributed by atoms with van der Waals surface area (Å²) >= 11 is 0. The quantitative estimate of drug-likeness (QED) is 0.637. The molecule has 0 aromatic heterocycles. The molecule has 0 saturated carbocycles. The molecule has 0 heterocycles. The van der Waals surface area contributed by atoms with Gasteiger partial charge < -0.3 is 5.32 Å². The van der Waals surface area contributed by atoms with Crippen molar-refractivity contribution in [3.05, 3.63) is 96.7 Å². The van der Waals surface area contributed by atoms with Crippen molar-refractivity contribution in [1.82, 2.24) is 0 Å². The van der Waals surface area contributed by atoms with Crippen LogP contribution >= 0.6 is 0 Å². The first-order valence-corrected chi connectivity index (χ1v) is 7.76. The van der Waals surface area contributed by atoms with E-state index in [1.54, 1.807) is 0 Å². The van der Waals surface area contributed by atoms with E-state index in [1.807, 2.05) is 69.5 Å². The lowest BCUT2D eigenvalue weighted by atomic mass is 10.1. The maximum atomic E-state index is 3.33. The predicted molar refractivity (Wildman–Crippen MR) is 99.8 cm³/mol. The number of nitrogens with one attached hydrogen (secondary N) is 1. The van der Waals surface area contributed by atoms with E-state index >= 15 is 0 Å². The molecule has 0 aliphatic heterocycles. The molecular weight excluding hydrogens is 266 g/mol. The lowest BCUT2D eigenvalue weighted by molar-refractivity contribution is 1.50. The zero-order valence-electron chi connectivity index (χ0n) is 13.7. The van der Waals surface area contributed by atoms with Gasteiger partial charge in [0.15, 0.2) is 0 Å². The van der Waals surface area contributed by atoms with Crippen molar-refractivity contribution in [2.45, 2.75) is 20.8 Å². The molecule has 0 amide bonds. The molecule has 1 heteroatoms. The average molecular weight is 291 g/mol. The lowest BCUT2D eigenvalue weighted by Crippen LogP contribution is -1.90. The Kier molecular flexibility index (Phi) is 8.88. The molecule has 114 valence electrons. The molecule has 22 heavy (non-hydrogen) atoms. The van der Waals surface area contributed by atoms with Gasteiger partial charge in [-0.05, 0) is 30.2 Å². The van der Waals surface area contributed by atoms with Gasteiger partial charge in [0, 0.05) is 11.9 Å². The number of hydrogen-bond donors (Lipinski definition) is 1. The molecule has 0 unspecified atom stereocenters. The molecule has 1 N–H and O–H groups in total. The molecule has 0 aliphatic carbocycles. The van der Waals surface area contributed by atoms with Gasteiger partial charge in [0.05, 0.1) is 0 Å². The fourth-order valence-electron chi connectivity index (χ4n) is 1.82. The summed E-state index contributed by atoms with van der Waals surface area (Å²) in [6.45, 7) is 6.01. The summed E-state index contributed by atoms with van der Waals surface area (Å²) in [5.41, 5.74) is 3.42. The van der Waals surface area contributed by atoms with Gasteiger partial charge in [-0.2, -0.15) is 0 Å². The summed E-state index contributed by atoms with van der Waals surface area (Å²) in [4.78, 5) is 0. The highest BCUT2D eigenvalue weighted by molar-refractivity contribution is 5.75. The predicted octanol–water partition coefficient (Wildman–Crippen LogP) is 6.30. The van der Waals surface area contributed by atoms with Gasteiger partial charge in [0.25, 0.3) is 0 Å². The molecule has 1 nitrogen and oxygen atoms in total. The number of rotatable bonds is 5. The molecule has 2 rings (SSSR count). The summed E-state index contributed by atoms with van der Waals surface area (Å²) < 4.78 is 0. The Bertz CT molecular complexity index is 592. The second kappa shape index (κ2) is 11.2. The number of benzene rings is 2. The van der Waals surface area contributed by atoms with Gasteiger partial charge in [0.1, 0.15) is 0 Å². The van der Waals surface area contributed by atoms with Crippen molar-refractivity contribution >= 4 is 11.3 Å². The van der Waals surface area contributed by atoms with Gasteiger partial charge in [-0.3, -0.25) is 0 Å². The van der Waals surface area contributed by atoms with Crippen molar-refractivity contribution in [2.75, 3.05) is 5.32 Å². The topological polar surface area (TPSA) is 12.0 Å². The molecule has 0 aliphatic rings. The minimum Gasteiger partial charge on any atom is -0.361 e. The Morgan fingerprint density at radius 3 is 2.00 bits per heavy atom. The molecule has 2 aromatic rings. The summed E-state index contributed by atoms with van der Waals surface area (Å²) in [5.74, 6) is 0. The van der Waals surface area contributed by atoms with Crippen LogP contribution in [0.25, 0.3) is 5.57 Å². The van der Waals surface area contributed by atoms with E-state index in [0.717, 1.165) is 11.3 Å². The Hall–Kier alpha value is -2.54. The van der Waals surface area contributed by atoms with Crippen LogP contribution in [0.5, 0.6) is 0 Å². The third-order valence-electron chi connectivity index (χ3n) is 2.85. The van der Waals surface area contributed by atoms with Crippen molar-refractivity contribution < 1.29 is 0 Å². The molecule has 2 aromatic carbocycles. The van der Waals surface area contributed by atoms with Gasteiger partial charge in [-0.25, -0.2) is 0 Å².